The van der Waals surface area contributed by atoms with Gasteiger partial charge in [-0.25, -0.2) is 83.9 Å². The maximum atomic E-state index is 13.6. The molecule has 6 aliphatic rings. The average Bonchev–Trinajstić information content (AvgIpc) is 1.28. The molecule has 136 heavy (non-hydrogen) atoms. The predicted octanol–water partition coefficient (Wildman–Crippen LogP) is 7.69. The number of ether oxygens (including phenoxy) is 24. The topological polar surface area (TPSA) is 426 Å². The Labute approximate surface area is 753 Å². The van der Waals surface area contributed by atoms with Crippen LogP contribution in [0.3, 0.4) is 0 Å². The van der Waals surface area contributed by atoms with Crippen molar-refractivity contribution in [1.29, 1.82) is 0 Å². The Balaban J connectivity index is 0.000000226. The zero-order valence-electron chi connectivity index (χ0n) is 68.8. The Bertz CT molecular complexity index is 4850. The van der Waals surface area contributed by atoms with Gasteiger partial charge in [0.15, 0.2) is 99.7 Å². The van der Waals surface area contributed by atoms with Crippen molar-refractivity contribution in [3.63, 3.8) is 0 Å². The van der Waals surface area contributed by atoms with Crippen LogP contribution in [0.5, 0.6) is 23.0 Å². The number of benzene rings is 6. The third-order valence-electron chi connectivity index (χ3n) is 16.6. The summed E-state index contributed by atoms with van der Waals surface area (Å²) in [4.78, 5) is 141. The summed E-state index contributed by atoms with van der Waals surface area (Å²) in [5.74, 6) is -37.4. The molecule has 6 aromatic rings. The van der Waals surface area contributed by atoms with Crippen molar-refractivity contribution in [3.05, 3.63) is 216 Å². The maximum Gasteiger partial charge on any atom is 0.422 e. The Kier molecular flexibility index (Phi) is 43.1. The van der Waals surface area contributed by atoms with E-state index in [1.54, 1.807) is 60.7 Å². The Hall–Kier alpha value is -14.0. The first-order valence-electron chi connectivity index (χ1n) is 37.8. The number of hydrogen-bond acceptors (Lipinski definition) is 36. The molecular weight excluding hydrogens is 1890 g/mol. The third-order valence-corrected chi connectivity index (χ3v) is 16.6. The zero-order chi connectivity index (χ0) is 99.9. The lowest BCUT2D eigenvalue weighted by molar-refractivity contribution is -0.198. The van der Waals surface area contributed by atoms with E-state index in [1.165, 1.54) is 12.2 Å². The molecule has 12 rings (SSSR count). The van der Waals surface area contributed by atoms with Gasteiger partial charge in [-0.05, 0) is 35.4 Å². The highest BCUT2D eigenvalue weighted by Crippen LogP contribution is 2.34. The summed E-state index contributed by atoms with van der Waals surface area (Å²) >= 11 is 0. The average molecular weight is 1960 g/mol. The SMILES string of the molecule is C#CCOC(=O)C1OCOC1C(=O)OCC#C.C=CCOC(=O)C1OCOC1C(=O)OCC=C.O=C(OCC(F)(F)F)C1OCOC1C(=O)OCC(F)(F)F.O=C(OCc1ccccc1)C1OCOC1C(=O)OCc1ccccc1.O=C(Oc1c(F)c(F)c(F)c(F)c1F)C1OCOC1C(=O)Oc1c(F)c(F)c(F)c(F)c1F.O=C(Oc1ccccc1)C1OCOC1C(=O)Oc1ccccc1. The Morgan fingerprint density at radius 2 is 0.485 bits per heavy atom. The monoisotopic (exact) mass is 1960 g/mol. The molecule has 6 saturated heterocycles. The molecule has 0 N–H and O–H groups in total. The van der Waals surface area contributed by atoms with Crippen LogP contribution in [0, 0.1) is 82.9 Å². The van der Waals surface area contributed by atoms with Gasteiger partial charge in [0.05, 0.1) is 0 Å². The van der Waals surface area contributed by atoms with Crippen LogP contribution in [-0.2, 0) is 165 Å². The molecule has 0 aliphatic carbocycles. The standard InChI is InChI=1S/C19H18O6.C17H4F10O6.C17H14O6.C11H14O6.C11H10O6.C9H8F6O6/c20-18(22-11-14-7-3-1-4-8-14)16-17(25-13-24-16)19(21)23-12-15-9-5-2-6-10-15;18-2-4(20)8(24)12(9(25)5(2)21)32-16(28)14-15(31-1-30-14)17(29)33-13-10(26)6(22)3(19)7(23)11(13)27;18-16(22-12-7-3-1-4-8-12)14-15(21-11-20-14)17(19)23-13-9-5-2-6-10-13;2*1-3-5-14-10(12)8-9(17-7-16-8)11(13)15-6-4-2;10-8(11,12)1-18-6(16)4-5(21-3-20-4)7(17)19-2-9(13,14)15/h1-10,16-17H,11-13H2;14-15H,1H2;1-10,14-15H,11H2;3-4,8-9H,1-2,5-7H2;1-2,8-9H,5-7H2;4-5H,1-3H2. The van der Waals surface area contributed by atoms with E-state index in [9.17, 15) is 128 Å². The first-order chi connectivity index (χ1) is 64.8. The van der Waals surface area contributed by atoms with Crippen molar-refractivity contribution in [3.8, 4) is 47.7 Å². The Morgan fingerprint density at radius 3 is 0.713 bits per heavy atom. The number of halogens is 16. The number of rotatable bonds is 28. The maximum absolute atomic E-state index is 13.6. The van der Waals surface area contributed by atoms with Gasteiger partial charge in [-0.15, -0.1) is 12.8 Å². The lowest BCUT2D eigenvalue weighted by Crippen LogP contribution is -2.42. The second kappa shape index (κ2) is 53.7. The van der Waals surface area contributed by atoms with Crippen molar-refractivity contribution < 1.29 is 241 Å². The van der Waals surface area contributed by atoms with E-state index in [4.69, 9.17) is 79.2 Å². The van der Waals surface area contributed by atoms with Crippen LogP contribution in [0.25, 0.3) is 0 Å². The summed E-state index contributed by atoms with van der Waals surface area (Å²) in [5, 5.41) is 0. The molecule has 0 saturated carbocycles. The smallest absolute Gasteiger partial charge is 0.422 e. The third kappa shape index (κ3) is 32.7. The highest BCUT2D eigenvalue weighted by atomic mass is 19.4. The molecule has 6 aliphatic heterocycles. The van der Waals surface area contributed by atoms with E-state index in [0.29, 0.717) is 11.5 Å². The molecule has 732 valence electrons. The van der Waals surface area contributed by atoms with Crippen molar-refractivity contribution in [2.45, 2.75) is 98.8 Å². The molecule has 6 aromatic carbocycles. The van der Waals surface area contributed by atoms with E-state index in [1.807, 2.05) is 60.7 Å². The lowest BCUT2D eigenvalue weighted by atomic mass is 10.2. The van der Waals surface area contributed by atoms with Crippen molar-refractivity contribution in [1.82, 2.24) is 0 Å². The van der Waals surface area contributed by atoms with Gasteiger partial charge in [-0.2, -0.15) is 43.9 Å². The number of hydrogen-bond donors (Lipinski definition) is 0. The molecule has 12 unspecified atom stereocenters. The molecule has 0 bridgehead atoms. The fourth-order valence-electron chi connectivity index (χ4n) is 10.4. The van der Waals surface area contributed by atoms with Crippen molar-refractivity contribution in [2.75, 3.05) is 80.4 Å². The zero-order valence-corrected chi connectivity index (χ0v) is 68.8. The molecule has 12 atom stereocenters. The van der Waals surface area contributed by atoms with Gasteiger partial charge in [-0.1, -0.05) is 134 Å². The normalized spacial score (nSPS) is 20.5. The van der Waals surface area contributed by atoms with Crippen LogP contribution in [0.4, 0.5) is 70.2 Å². The largest absolute Gasteiger partial charge is 0.459 e. The highest BCUT2D eigenvalue weighted by molar-refractivity contribution is 5.91. The second-order valence-corrected chi connectivity index (χ2v) is 26.0. The van der Waals surface area contributed by atoms with Crippen LogP contribution in [0.1, 0.15) is 11.1 Å². The number of carbonyl (C=O) groups excluding carboxylic acids is 12. The summed E-state index contributed by atoms with van der Waals surface area (Å²) in [5.41, 5.74) is 1.69. The molecule has 52 heteroatoms. The number of alkyl halides is 6. The van der Waals surface area contributed by atoms with Gasteiger partial charge in [0.25, 0.3) is 0 Å². The summed E-state index contributed by atoms with van der Waals surface area (Å²) in [7, 11) is 0. The Morgan fingerprint density at radius 1 is 0.287 bits per heavy atom. The van der Waals surface area contributed by atoms with E-state index >= 15 is 0 Å². The lowest BCUT2D eigenvalue weighted by Gasteiger charge is -2.16. The van der Waals surface area contributed by atoms with Gasteiger partial charge in [0, 0.05) is 0 Å². The molecular formula is C84H68F16O36. The van der Waals surface area contributed by atoms with Crippen LogP contribution < -0.4 is 18.9 Å². The van der Waals surface area contributed by atoms with E-state index in [-0.39, 0.29) is 66.8 Å². The first kappa shape index (κ1) is 109. The molecule has 6 fully saturated rings. The van der Waals surface area contributed by atoms with E-state index < -0.39 is 254 Å². The van der Waals surface area contributed by atoms with Gasteiger partial charge in [0.1, 0.15) is 78.7 Å². The van der Waals surface area contributed by atoms with Crippen molar-refractivity contribution >= 4 is 71.6 Å². The minimum Gasteiger partial charge on any atom is -0.459 e. The summed E-state index contributed by atoms with van der Waals surface area (Å²) in [6.07, 6.45) is -14.6. The fraction of sp³-hybridized carbons (Fsp3) is 0.333. The fourth-order valence-corrected chi connectivity index (χ4v) is 10.4. The molecule has 0 aromatic heterocycles. The minimum absolute atomic E-state index is 0.0487. The second-order valence-electron chi connectivity index (χ2n) is 26.0. The highest BCUT2D eigenvalue weighted by Gasteiger charge is 2.50. The minimum atomic E-state index is -4.80. The van der Waals surface area contributed by atoms with Gasteiger partial charge < -0.3 is 114 Å². The summed E-state index contributed by atoms with van der Waals surface area (Å²) in [6, 6.07) is 35.5. The van der Waals surface area contributed by atoms with Gasteiger partial charge in [-0.3, -0.25) is 0 Å². The number of esters is 12. The van der Waals surface area contributed by atoms with Crippen molar-refractivity contribution in [2.24, 2.45) is 0 Å². The van der Waals surface area contributed by atoms with Crippen LogP contribution in [0.2, 0.25) is 0 Å². The molecule has 0 radical (unpaired) electrons. The van der Waals surface area contributed by atoms with Gasteiger partial charge in [0.2, 0.25) is 69.7 Å². The van der Waals surface area contributed by atoms with Gasteiger partial charge >= 0.3 is 84.0 Å². The summed E-state index contributed by atoms with van der Waals surface area (Å²) in [6.45, 7) is 0.481. The first-order valence-corrected chi connectivity index (χ1v) is 37.8. The number of terminal acetylenes is 2. The number of para-hydroxylation sites is 2. The molecule has 6 heterocycles. The quantitative estimate of drug-likeness (QED) is 0.00663. The molecule has 36 nitrogen and oxygen atoms in total. The van der Waals surface area contributed by atoms with E-state index in [2.05, 4.69) is 72.4 Å². The van der Waals surface area contributed by atoms with Crippen LogP contribution >= 0.6 is 0 Å². The predicted molar refractivity (Wildman–Crippen MR) is 404 cm³/mol. The molecule has 0 spiro atoms. The molecule has 0 amide bonds. The van der Waals surface area contributed by atoms with Crippen LogP contribution in [-0.4, -0.2) is 238 Å². The number of carbonyl (C=O) groups is 12. The van der Waals surface area contributed by atoms with Crippen LogP contribution in [0.15, 0.2) is 147 Å². The summed E-state index contributed by atoms with van der Waals surface area (Å²) < 4.78 is 318. The van der Waals surface area contributed by atoms with E-state index in [0.717, 1.165) is 11.1 Å².